The minimum atomic E-state index is 1.19. The van der Waals surface area contributed by atoms with Gasteiger partial charge in [0.15, 0.2) is 0 Å². The zero-order valence-corrected chi connectivity index (χ0v) is 24.0. The lowest BCUT2D eigenvalue weighted by atomic mass is 10.0. The minimum Gasteiger partial charge on any atom is -0.355 e. The molecule has 10 rings (SSSR count). The zero-order valence-electron chi connectivity index (χ0n) is 22.4. The number of rotatable bonds is 2. The number of benzene rings is 6. The van der Waals surface area contributed by atoms with E-state index in [1.54, 1.807) is 0 Å². The van der Waals surface area contributed by atoms with Crippen molar-refractivity contribution in [2.45, 2.75) is 0 Å². The summed E-state index contributed by atoms with van der Waals surface area (Å²) < 4.78 is 5.49. The van der Waals surface area contributed by atoms with Crippen molar-refractivity contribution < 1.29 is 0 Å². The third-order valence-electron chi connectivity index (χ3n) is 8.76. The predicted octanol–water partition coefficient (Wildman–Crippen LogP) is 11.9. The summed E-state index contributed by atoms with van der Waals surface area (Å²) in [6.07, 6.45) is 0. The van der Waals surface area contributed by atoms with Crippen molar-refractivity contribution in [3.8, 4) is 22.3 Å². The Hall–Kier alpha value is -4.90. The van der Waals surface area contributed by atoms with E-state index >= 15 is 0 Å². The maximum absolute atomic E-state index is 3.55. The second-order valence-electron chi connectivity index (χ2n) is 11.1. The molecular formula is C38H22N2S2. The molecule has 0 saturated carbocycles. The van der Waals surface area contributed by atoms with Crippen molar-refractivity contribution >= 4 is 95.9 Å². The average Bonchev–Trinajstić information content (AvgIpc) is 3.78. The Labute approximate surface area is 248 Å². The summed E-state index contributed by atoms with van der Waals surface area (Å²) in [5.41, 5.74) is 9.79. The first kappa shape index (κ1) is 22.8. The Balaban J connectivity index is 1.07. The molecule has 6 aromatic carbocycles. The second-order valence-corrected chi connectivity index (χ2v) is 13.3. The summed E-state index contributed by atoms with van der Waals surface area (Å²) in [5.74, 6) is 0. The summed E-state index contributed by atoms with van der Waals surface area (Å²) in [7, 11) is 0. The summed E-state index contributed by atoms with van der Waals surface area (Å²) in [6, 6.07) is 44.6. The molecule has 0 unspecified atom stereocenters. The first-order valence-corrected chi connectivity index (χ1v) is 15.8. The third kappa shape index (κ3) is 3.19. The highest BCUT2D eigenvalue weighted by atomic mass is 32.1. The van der Waals surface area contributed by atoms with E-state index in [1.807, 2.05) is 22.7 Å². The first-order valence-electron chi connectivity index (χ1n) is 14.2. The van der Waals surface area contributed by atoms with E-state index in [0.717, 1.165) is 0 Å². The zero-order chi connectivity index (χ0) is 27.4. The average molecular weight is 571 g/mol. The summed E-state index contributed by atoms with van der Waals surface area (Å²) in [6.45, 7) is 0. The van der Waals surface area contributed by atoms with Crippen LogP contribution in [0.4, 0.5) is 0 Å². The van der Waals surface area contributed by atoms with Gasteiger partial charge in [0.05, 0.1) is 9.40 Å². The van der Waals surface area contributed by atoms with Gasteiger partial charge in [-0.3, -0.25) is 0 Å². The van der Waals surface area contributed by atoms with E-state index < -0.39 is 0 Å². The minimum absolute atomic E-state index is 1.19. The molecule has 4 heteroatoms. The van der Waals surface area contributed by atoms with Crippen molar-refractivity contribution in [2.75, 3.05) is 0 Å². The van der Waals surface area contributed by atoms with Gasteiger partial charge < -0.3 is 9.97 Å². The van der Waals surface area contributed by atoms with E-state index in [4.69, 9.17) is 0 Å². The fourth-order valence-corrected chi connectivity index (χ4v) is 9.40. The van der Waals surface area contributed by atoms with Crippen molar-refractivity contribution in [3.05, 3.63) is 121 Å². The molecule has 4 heterocycles. The Kier molecular flexibility index (Phi) is 4.51. The lowest BCUT2D eigenvalue weighted by molar-refractivity contribution is 1.54. The van der Waals surface area contributed by atoms with Crippen LogP contribution in [0.15, 0.2) is 121 Å². The van der Waals surface area contributed by atoms with Gasteiger partial charge in [-0.1, -0.05) is 72.8 Å². The monoisotopic (exact) mass is 570 g/mol. The maximum Gasteiger partial charge on any atom is 0.0542 e. The van der Waals surface area contributed by atoms with Crippen LogP contribution in [0, 0.1) is 0 Å². The summed E-state index contributed by atoms with van der Waals surface area (Å²) in [5, 5.41) is 7.82. The lowest BCUT2D eigenvalue weighted by Gasteiger charge is -2.04. The van der Waals surface area contributed by atoms with E-state index in [9.17, 15) is 0 Å². The highest BCUT2D eigenvalue weighted by molar-refractivity contribution is 7.36. The number of para-hydroxylation sites is 2. The Morgan fingerprint density at radius 2 is 0.738 bits per heavy atom. The Bertz CT molecular complexity index is 2510. The largest absolute Gasteiger partial charge is 0.355 e. The molecule has 0 aliphatic heterocycles. The molecule has 0 aliphatic carbocycles. The molecule has 196 valence electrons. The molecule has 0 spiro atoms. The first-order chi connectivity index (χ1) is 20.8. The number of hydrogen-bond acceptors (Lipinski definition) is 2. The molecule has 10 aromatic rings. The van der Waals surface area contributed by atoms with Gasteiger partial charge >= 0.3 is 0 Å². The van der Waals surface area contributed by atoms with Crippen LogP contribution in [0.3, 0.4) is 0 Å². The van der Waals surface area contributed by atoms with Gasteiger partial charge in [-0.05, 0) is 70.8 Å². The number of fused-ring (bicyclic) bond motifs is 11. The standard InChI is InChI=1S/C38H22N2S2/c1-3-7-31-25(5-1)29-17-21(11-15-33(29)39-31)23-9-13-27-35(19-23)41-38-28-14-10-24(20-36(28)42-37(27)38)22-12-16-34-30(18-22)26-6-2-4-8-32(26)40-34/h1-20,39-40H. The normalized spacial score (nSPS) is 12.3. The Morgan fingerprint density at radius 3 is 1.24 bits per heavy atom. The van der Waals surface area contributed by atoms with Crippen LogP contribution in [0.25, 0.3) is 95.4 Å². The van der Waals surface area contributed by atoms with Crippen molar-refractivity contribution in [3.63, 3.8) is 0 Å². The smallest absolute Gasteiger partial charge is 0.0542 e. The molecule has 0 fully saturated rings. The number of aromatic nitrogens is 2. The fraction of sp³-hybridized carbons (Fsp3) is 0. The molecule has 0 aliphatic rings. The van der Waals surface area contributed by atoms with Gasteiger partial charge in [-0.25, -0.2) is 0 Å². The molecule has 0 bridgehead atoms. The number of aromatic amines is 2. The number of nitrogens with one attached hydrogen (secondary N) is 2. The lowest BCUT2D eigenvalue weighted by Crippen LogP contribution is -1.78. The van der Waals surface area contributed by atoms with Gasteiger partial charge in [0.2, 0.25) is 0 Å². The van der Waals surface area contributed by atoms with Crippen LogP contribution in [0.5, 0.6) is 0 Å². The molecule has 2 nitrogen and oxygen atoms in total. The van der Waals surface area contributed by atoms with Gasteiger partial charge in [0.25, 0.3) is 0 Å². The molecular weight excluding hydrogens is 549 g/mol. The third-order valence-corrected chi connectivity index (χ3v) is 11.3. The van der Waals surface area contributed by atoms with Crippen LogP contribution >= 0.6 is 22.7 Å². The fourth-order valence-electron chi connectivity index (χ4n) is 6.67. The predicted molar refractivity (Wildman–Crippen MR) is 184 cm³/mol. The number of hydrogen-bond donors (Lipinski definition) is 2. The summed E-state index contributed by atoms with van der Waals surface area (Å²) in [4.78, 5) is 7.09. The highest BCUT2D eigenvalue weighted by Gasteiger charge is 2.15. The van der Waals surface area contributed by atoms with Gasteiger partial charge in [-0.2, -0.15) is 0 Å². The van der Waals surface area contributed by atoms with Crippen LogP contribution in [0.2, 0.25) is 0 Å². The van der Waals surface area contributed by atoms with Crippen LogP contribution in [-0.2, 0) is 0 Å². The van der Waals surface area contributed by atoms with Crippen molar-refractivity contribution in [1.82, 2.24) is 9.97 Å². The number of H-pyrrole nitrogens is 2. The highest BCUT2D eigenvalue weighted by Crippen LogP contribution is 2.46. The van der Waals surface area contributed by atoms with Gasteiger partial charge in [-0.15, -0.1) is 22.7 Å². The SMILES string of the molecule is c1ccc2c(c1)[nH]c1ccc(-c3ccc4c(c3)sc3c5ccc(-c6ccc7[nH]c8ccccc8c7c6)cc5sc43)cc12. The van der Waals surface area contributed by atoms with Crippen LogP contribution < -0.4 is 0 Å². The van der Waals surface area contributed by atoms with E-state index in [-0.39, 0.29) is 0 Å². The topological polar surface area (TPSA) is 31.6 Å². The quantitative estimate of drug-likeness (QED) is 0.207. The van der Waals surface area contributed by atoms with E-state index in [0.29, 0.717) is 0 Å². The van der Waals surface area contributed by atoms with Gasteiger partial charge in [0.1, 0.15) is 0 Å². The molecule has 0 saturated heterocycles. The molecule has 0 amide bonds. The maximum atomic E-state index is 3.55. The second kappa shape index (κ2) is 8.32. The molecule has 2 N–H and O–H groups in total. The summed E-state index contributed by atoms with van der Waals surface area (Å²) >= 11 is 3.84. The van der Waals surface area contributed by atoms with E-state index in [2.05, 4.69) is 131 Å². The molecule has 0 atom stereocenters. The van der Waals surface area contributed by atoms with Gasteiger partial charge in [0, 0.05) is 63.8 Å². The Morgan fingerprint density at radius 1 is 0.333 bits per heavy atom. The van der Waals surface area contributed by atoms with Crippen molar-refractivity contribution in [1.29, 1.82) is 0 Å². The molecule has 0 radical (unpaired) electrons. The van der Waals surface area contributed by atoms with Crippen LogP contribution in [0.1, 0.15) is 0 Å². The number of thiophene rings is 2. The van der Waals surface area contributed by atoms with E-state index in [1.165, 1.54) is 95.4 Å². The molecule has 4 aromatic heterocycles. The van der Waals surface area contributed by atoms with Crippen molar-refractivity contribution in [2.24, 2.45) is 0 Å². The molecule has 42 heavy (non-hydrogen) atoms. The van der Waals surface area contributed by atoms with Crippen LogP contribution in [-0.4, -0.2) is 9.97 Å².